The van der Waals surface area contributed by atoms with Crippen LogP contribution in [-0.2, 0) is 0 Å². The van der Waals surface area contributed by atoms with E-state index in [0.717, 1.165) is 6.42 Å². The van der Waals surface area contributed by atoms with Crippen LogP contribution in [0.3, 0.4) is 0 Å². The van der Waals surface area contributed by atoms with Gasteiger partial charge in [0.25, 0.3) is 0 Å². The minimum absolute atomic E-state index is 0.0112. The van der Waals surface area contributed by atoms with E-state index in [1.54, 1.807) is 0 Å². The molecule has 1 heteroatoms. The molecule has 0 aliphatic rings. The molecule has 0 amide bonds. The Labute approximate surface area is 110 Å². The third-order valence-corrected chi connectivity index (χ3v) is 3.48. The van der Waals surface area contributed by atoms with Crippen molar-refractivity contribution in [2.24, 2.45) is 16.6 Å². The Hall–Kier alpha value is -0.0400. The van der Waals surface area contributed by atoms with Crippen molar-refractivity contribution in [2.45, 2.75) is 92.5 Å². The first-order chi connectivity index (χ1) is 7.41. The van der Waals surface area contributed by atoms with Crippen LogP contribution in [0.2, 0.25) is 0 Å². The van der Waals surface area contributed by atoms with E-state index in [-0.39, 0.29) is 5.54 Å². The summed E-state index contributed by atoms with van der Waals surface area (Å²) in [6.45, 7) is 16.0. The summed E-state index contributed by atoms with van der Waals surface area (Å²) in [6.07, 6.45) is 7.75. The van der Waals surface area contributed by atoms with E-state index in [0.29, 0.717) is 10.8 Å². The van der Waals surface area contributed by atoms with Crippen LogP contribution in [-0.4, -0.2) is 5.54 Å². The Morgan fingerprint density at radius 1 is 0.647 bits per heavy atom. The van der Waals surface area contributed by atoms with Gasteiger partial charge in [-0.15, -0.1) is 0 Å². The largest absolute Gasteiger partial charge is 0.326 e. The molecule has 0 fully saturated rings. The van der Waals surface area contributed by atoms with Crippen LogP contribution in [0.5, 0.6) is 0 Å². The first-order valence-electron chi connectivity index (χ1n) is 7.20. The van der Waals surface area contributed by atoms with Crippen LogP contribution in [0.4, 0.5) is 0 Å². The summed E-state index contributed by atoms with van der Waals surface area (Å²) in [5, 5.41) is 0. The van der Waals surface area contributed by atoms with E-state index < -0.39 is 0 Å². The Bertz CT molecular complexity index is 203. The first-order valence-corrected chi connectivity index (χ1v) is 7.20. The summed E-state index contributed by atoms with van der Waals surface area (Å²) in [4.78, 5) is 0. The van der Waals surface area contributed by atoms with Crippen LogP contribution < -0.4 is 5.73 Å². The number of rotatable bonds is 7. The molecule has 0 aromatic heterocycles. The Balaban J connectivity index is 3.79. The Morgan fingerprint density at radius 2 is 1.12 bits per heavy atom. The van der Waals surface area contributed by atoms with Gasteiger partial charge in [0.05, 0.1) is 0 Å². The maximum atomic E-state index is 6.05. The third-order valence-electron chi connectivity index (χ3n) is 3.48. The van der Waals surface area contributed by atoms with Crippen LogP contribution in [0.1, 0.15) is 87.0 Å². The standard InChI is InChI=1S/C16H35N/c1-14(2,3)10-8-9-11-15(4,5)12-13-16(6,7)17/h8-13,17H2,1-7H3. The number of hydrogen-bond donors (Lipinski definition) is 1. The molecular weight excluding hydrogens is 206 g/mol. The summed E-state index contributed by atoms with van der Waals surface area (Å²) in [5.74, 6) is 0. The second-order valence-corrected chi connectivity index (χ2v) is 8.42. The lowest BCUT2D eigenvalue weighted by molar-refractivity contribution is 0.252. The highest BCUT2D eigenvalue weighted by Gasteiger charge is 2.21. The van der Waals surface area contributed by atoms with Crippen molar-refractivity contribution in [3.63, 3.8) is 0 Å². The van der Waals surface area contributed by atoms with E-state index in [4.69, 9.17) is 5.73 Å². The molecule has 0 spiro atoms. The van der Waals surface area contributed by atoms with Gasteiger partial charge >= 0.3 is 0 Å². The maximum Gasteiger partial charge on any atom is 0.00972 e. The Kier molecular flexibility index (Phi) is 6.21. The van der Waals surface area contributed by atoms with E-state index in [2.05, 4.69) is 48.5 Å². The lowest BCUT2D eigenvalue weighted by Gasteiger charge is -2.29. The van der Waals surface area contributed by atoms with E-state index >= 15 is 0 Å². The molecule has 0 aliphatic carbocycles. The molecule has 0 heterocycles. The fraction of sp³-hybridized carbons (Fsp3) is 1.00. The first kappa shape index (κ1) is 17.0. The molecule has 0 saturated heterocycles. The van der Waals surface area contributed by atoms with Crippen molar-refractivity contribution in [3.05, 3.63) is 0 Å². The molecule has 0 aromatic rings. The molecule has 0 atom stereocenters. The monoisotopic (exact) mass is 241 g/mol. The van der Waals surface area contributed by atoms with Crippen LogP contribution >= 0.6 is 0 Å². The zero-order valence-corrected chi connectivity index (χ0v) is 13.3. The van der Waals surface area contributed by atoms with Gasteiger partial charge in [0.15, 0.2) is 0 Å². The highest BCUT2D eigenvalue weighted by atomic mass is 14.7. The maximum absolute atomic E-state index is 6.05. The van der Waals surface area contributed by atoms with E-state index in [1.807, 2.05) is 0 Å². The van der Waals surface area contributed by atoms with Gasteiger partial charge in [-0.25, -0.2) is 0 Å². The van der Waals surface area contributed by atoms with Crippen LogP contribution in [0, 0.1) is 10.8 Å². The minimum atomic E-state index is -0.0112. The van der Waals surface area contributed by atoms with Gasteiger partial charge < -0.3 is 5.73 Å². The topological polar surface area (TPSA) is 26.0 Å². The third kappa shape index (κ3) is 12.2. The van der Waals surface area contributed by atoms with Gasteiger partial charge in [-0.05, 0) is 50.4 Å². The molecule has 0 radical (unpaired) electrons. The molecule has 1 nitrogen and oxygen atoms in total. The fourth-order valence-corrected chi connectivity index (χ4v) is 2.04. The van der Waals surface area contributed by atoms with Gasteiger partial charge in [-0.3, -0.25) is 0 Å². The number of hydrogen-bond acceptors (Lipinski definition) is 1. The molecule has 104 valence electrons. The number of unbranched alkanes of at least 4 members (excludes halogenated alkanes) is 1. The molecule has 0 aromatic carbocycles. The normalized spacial score (nSPS) is 14.1. The predicted molar refractivity (Wildman–Crippen MR) is 79.2 cm³/mol. The van der Waals surface area contributed by atoms with Crippen molar-refractivity contribution < 1.29 is 0 Å². The molecule has 2 N–H and O–H groups in total. The molecule has 0 rings (SSSR count). The lowest BCUT2D eigenvalue weighted by atomic mass is 9.78. The number of nitrogens with two attached hydrogens (primary N) is 1. The molecule has 0 aliphatic heterocycles. The summed E-state index contributed by atoms with van der Waals surface area (Å²) in [6, 6.07) is 0. The highest BCUT2D eigenvalue weighted by molar-refractivity contribution is 4.78. The van der Waals surface area contributed by atoms with E-state index in [1.165, 1.54) is 32.1 Å². The predicted octanol–water partition coefficient (Wildman–Crippen LogP) is 5.14. The van der Waals surface area contributed by atoms with Crippen molar-refractivity contribution in [1.29, 1.82) is 0 Å². The minimum Gasteiger partial charge on any atom is -0.326 e. The van der Waals surface area contributed by atoms with Gasteiger partial charge in [0.2, 0.25) is 0 Å². The van der Waals surface area contributed by atoms with Crippen molar-refractivity contribution in [3.8, 4) is 0 Å². The van der Waals surface area contributed by atoms with Gasteiger partial charge in [0.1, 0.15) is 0 Å². The summed E-state index contributed by atoms with van der Waals surface area (Å²) < 4.78 is 0. The van der Waals surface area contributed by atoms with Crippen LogP contribution in [0.15, 0.2) is 0 Å². The second kappa shape index (κ2) is 6.22. The van der Waals surface area contributed by atoms with Gasteiger partial charge in [-0.1, -0.05) is 47.5 Å². The highest BCUT2D eigenvalue weighted by Crippen LogP contribution is 2.32. The van der Waals surface area contributed by atoms with Crippen molar-refractivity contribution >= 4 is 0 Å². The molecule has 17 heavy (non-hydrogen) atoms. The summed E-state index contributed by atoms with van der Waals surface area (Å²) in [5.41, 5.74) is 6.99. The van der Waals surface area contributed by atoms with Gasteiger partial charge in [-0.2, -0.15) is 0 Å². The average Bonchev–Trinajstić information content (AvgIpc) is 2.07. The Morgan fingerprint density at radius 3 is 1.53 bits per heavy atom. The molecular formula is C16H35N. The summed E-state index contributed by atoms with van der Waals surface area (Å²) in [7, 11) is 0. The fourth-order valence-electron chi connectivity index (χ4n) is 2.04. The average molecular weight is 241 g/mol. The smallest absolute Gasteiger partial charge is 0.00972 e. The molecule has 0 bridgehead atoms. The van der Waals surface area contributed by atoms with Crippen molar-refractivity contribution in [1.82, 2.24) is 0 Å². The zero-order valence-electron chi connectivity index (χ0n) is 13.3. The molecule has 0 unspecified atom stereocenters. The van der Waals surface area contributed by atoms with Crippen LogP contribution in [0.25, 0.3) is 0 Å². The second-order valence-electron chi connectivity index (χ2n) is 8.42. The lowest BCUT2D eigenvalue weighted by Crippen LogP contribution is -2.33. The molecule has 0 saturated carbocycles. The zero-order chi connectivity index (χ0) is 13.7. The van der Waals surface area contributed by atoms with Gasteiger partial charge in [0, 0.05) is 5.54 Å². The quantitative estimate of drug-likeness (QED) is 0.614. The SMILES string of the molecule is CC(C)(C)CCCCC(C)(C)CCC(C)(C)N. The van der Waals surface area contributed by atoms with E-state index in [9.17, 15) is 0 Å². The van der Waals surface area contributed by atoms with Crippen molar-refractivity contribution in [2.75, 3.05) is 0 Å². The summed E-state index contributed by atoms with van der Waals surface area (Å²) >= 11 is 0.